The Morgan fingerprint density at radius 3 is 2.43 bits per heavy atom. The van der Waals surface area contributed by atoms with Crippen LogP contribution in [0.2, 0.25) is 0 Å². The predicted molar refractivity (Wildman–Crippen MR) is 72.1 cm³/mol. The van der Waals surface area contributed by atoms with Crippen LogP contribution in [0.5, 0.6) is 0 Å². The number of hydrogen-bond donors (Lipinski definition) is 1. The molecule has 0 saturated carbocycles. The standard InChI is InChI=1S/C13H14F3N3O2/c1-7(17)6-19-11(20)9-5-8(13(14,15)16)3-4-10(9)18(2)12(19)21/h3-5,7H,6,17H2,1-2H3. The van der Waals surface area contributed by atoms with Crippen molar-refractivity contribution in [2.24, 2.45) is 12.8 Å². The lowest BCUT2D eigenvalue weighted by Gasteiger charge is -2.14. The van der Waals surface area contributed by atoms with Crippen molar-refractivity contribution >= 4 is 10.9 Å². The lowest BCUT2D eigenvalue weighted by molar-refractivity contribution is -0.137. The van der Waals surface area contributed by atoms with E-state index in [2.05, 4.69) is 0 Å². The fraction of sp³-hybridized carbons (Fsp3) is 0.385. The highest BCUT2D eigenvalue weighted by molar-refractivity contribution is 5.78. The van der Waals surface area contributed by atoms with Gasteiger partial charge >= 0.3 is 11.9 Å². The Hall–Kier alpha value is -2.09. The minimum atomic E-state index is -4.55. The SMILES string of the molecule is CC(N)Cn1c(=O)c2cc(C(F)(F)F)ccc2n(C)c1=O. The van der Waals surface area contributed by atoms with Crippen molar-refractivity contribution < 1.29 is 13.2 Å². The van der Waals surface area contributed by atoms with Gasteiger partial charge in [0, 0.05) is 19.6 Å². The molecule has 0 bridgehead atoms. The first-order valence-electron chi connectivity index (χ1n) is 6.19. The Bertz CT molecular complexity index is 803. The van der Waals surface area contributed by atoms with Gasteiger partial charge in [-0.05, 0) is 25.1 Å². The average Bonchev–Trinajstić information content (AvgIpc) is 2.39. The molecule has 21 heavy (non-hydrogen) atoms. The predicted octanol–water partition coefficient (Wildman–Crippen LogP) is 1.07. The first-order valence-corrected chi connectivity index (χ1v) is 6.19. The number of aryl methyl sites for hydroxylation is 1. The molecule has 1 atom stereocenters. The van der Waals surface area contributed by atoms with Crippen LogP contribution in [0.1, 0.15) is 12.5 Å². The summed E-state index contributed by atoms with van der Waals surface area (Å²) in [6, 6.07) is 2.25. The third-order valence-electron chi connectivity index (χ3n) is 3.15. The van der Waals surface area contributed by atoms with E-state index in [0.29, 0.717) is 0 Å². The molecule has 0 amide bonds. The molecule has 2 N–H and O–H groups in total. The summed E-state index contributed by atoms with van der Waals surface area (Å²) in [5.74, 6) is 0. The van der Waals surface area contributed by atoms with E-state index in [9.17, 15) is 22.8 Å². The lowest BCUT2D eigenvalue weighted by Crippen LogP contribution is -2.42. The highest BCUT2D eigenvalue weighted by Gasteiger charge is 2.31. The summed E-state index contributed by atoms with van der Waals surface area (Å²) in [4.78, 5) is 24.3. The molecule has 8 heteroatoms. The molecular weight excluding hydrogens is 287 g/mol. The van der Waals surface area contributed by atoms with Crippen LogP contribution in [0.3, 0.4) is 0 Å². The van der Waals surface area contributed by atoms with Crippen molar-refractivity contribution in [2.75, 3.05) is 0 Å². The van der Waals surface area contributed by atoms with E-state index in [-0.39, 0.29) is 17.4 Å². The second-order valence-electron chi connectivity index (χ2n) is 4.96. The first-order chi connectivity index (χ1) is 9.62. The summed E-state index contributed by atoms with van der Waals surface area (Å²) in [7, 11) is 1.40. The van der Waals surface area contributed by atoms with Crippen molar-refractivity contribution in [3.63, 3.8) is 0 Å². The number of fused-ring (bicyclic) bond motifs is 1. The number of nitrogens with zero attached hydrogens (tertiary/aromatic N) is 2. The molecule has 0 spiro atoms. The largest absolute Gasteiger partial charge is 0.416 e. The summed E-state index contributed by atoms with van der Waals surface area (Å²) in [6.45, 7) is 1.54. The van der Waals surface area contributed by atoms with Gasteiger partial charge in [0.25, 0.3) is 5.56 Å². The summed E-state index contributed by atoms with van der Waals surface area (Å²) in [6.07, 6.45) is -4.55. The molecule has 2 aromatic rings. The zero-order valence-corrected chi connectivity index (χ0v) is 11.4. The average molecular weight is 301 g/mol. The van der Waals surface area contributed by atoms with Gasteiger partial charge in [-0.15, -0.1) is 0 Å². The van der Waals surface area contributed by atoms with Gasteiger partial charge in [0.05, 0.1) is 16.5 Å². The molecule has 0 saturated heterocycles. The van der Waals surface area contributed by atoms with Crippen molar-refractivity contribution in [1.29, 1.82) is 0 Å². The Labute approximate surface area is 117 Å². The molecule has 0 fully saturated rings. The molecule has 2 rings (SSSR count). The van der Waals surface area contributed by atoms with Crippen molar-refractivity contribution in [3.8, 4) is 0 Å². The second-order valence-corrected chi connectivity index (χ2v) is 4.96. The maximum atomic E-state index is 12.7. The topological polar surface area (TPSA) is 70.0 Å². The number of aromatic nitrogens is 2. The van der Waals surface area contributed by atoms with E-state index in [1.54, 1.807) is 6.92 Å². The highest BCUT2D eigenvalue weighted by atomic mass is 19.4. The third-order valence-corrected chi connectivity index (χ3v) is 3.15. The summed E-state index contributed by atoms with van der Waals surface area (Å²) < 4.78 is 40.2. The van der Waals surface area contributed by atoms with Crippen LogP contribution in [0.4, 0.5) is 13.2 Å². The van der Waals surface area contributed by atoms with Crippen molar-refractivity contribution in [2.45, 2.75) is 25.7 Å². The summed E-state index contributed by atoms with van der Waals surface area (Å²) >= 11 is 0. The molecule has 0 aliphatic heterocycles. The number of alkyl halides is 3. The van der Waals surface area contributed by atoms with Gasteiger partial charge in [-0.3, -0.25) is 13.9 Å². The monoisotopic (exact) mass is 301 g/mol. The van der Waals surface area contributed by atoms with E-state index in [4.69, 9.17) is 5.73 Å². The molecule has 0 aliphatic carbocycles. The van der Waals surface area contributed by atoms with Crippen molar-refractivity contribution in [3.05, 3.63) is 44.6 Å². The number of nitrogens with two attached hydrogens (primary N) is 1. The molecule has 0 radical (unpaired) electrons. The number of rotatable bonds is 2. The molecular formula is C13H14F3N3O2. The van der Waals surface area contributed by atoms with E-state index in [1.807, 2.05) is 0 Å². The molecule has 1 aromatic carbocycles. The molecule has 5 nitrogen and oxygen atoms in total. The Morgan fingerprint density at radius 2 is 1.90 bits per heavy atom. The van der Waals surface area contributed by atoms with Crippen molar-refractivity contribution in [1.82, 2.24) is 9.13 Å². The van der Waals surface area contributed by atoms with Gasteiger partial charge in [-0.1, -0.05) is 0 Å². The number of hydrogen-bond acceptors (Lipinski definition) is 3. The summed E-state index contributed by atoms with van der Waals surface area (Å²) in [5, 5.41) is -0.160. The van der Waals surface area contributed by atoms with Gasteiger partial charge in [0.1, 0.15) is 0 Å². The molecule has 114 valence electrons. The maximum Gasteiger partial charge on any atom is 0.416 e. The van der Waals surface area contributed by atoms with Gasteiger partial charge < -0.3 is 5.73 Å². The zero-order valence-electron chi connectivity index (χ0n) is 11.4. The van der Waals surface area contributed by atoms with E-state index in [0.717, 1.165) is 27.3 Å². The number of benzene rings is 1. The summed E-state index contributed by atoms with van der Waals surface area (Å²) in [5.41, 5.74) is 3.41. The first kappa shape index (κ1) is 15.3. The van der Waals surface area contributed by atoms with Crippen LogP contribution >= 0.6 is 0 Å². The number of halogens is 3. The minimum Gasteiger partial charge on any atom is -0.326 e. The van der Waals surface area contributed by atoms with Crippen LogP contribution in [-0.2, 0) is 19.8 Å². The minimum absolute atomic E-state index is 0.0578. The Balaban J connectivity index is 2.85. The fourth-order valence-electron chi connectivity index (χ4n) is 2.14. The van der Waals surface area contributed by atoms with E-state index >= 15 is 0 Å². The van der Waals surface area contributed by atoms with Gasteiger partial charge in [-0.2, -0.15) is 13.2 Å². The molecule has 1 heterocycles. The molecule has 1 aromatic heterocycles. The molecule has 0 aliphatic rings. The third kappa shape index (κ3) is 2.71. The van der Waals surface area contributed by atoms with Crippen LogP contribution in [-0.4, -0.2) is 15.2 Å². The van der Waals surface area contributed by atoms with E-state index in [1.165, 1.54) is 7.05 Å². The Morgan fingerprint density at radius 1 is 1.29 bits per heavy atom. The van der Waals surface area contributed by atoms with Gasteiger partial charge in [0.2, 0.25) is 0 Å². The zero-order chi connectivity index (χ0) is 15.9. The van der Waals surface area contributed by atoms with Crippen LogP contribution in [0, 0.1) is 0 Å². The van der Waals surface area contributed by atoms with Crippen LogP contribution < -0.4 is 17.0 Å². The quantitative estimate of drug-likeness (QED) is 0.902. The lowest BCUT2D eigenvalue weighted by atomic mass is 10.1. The van der Waals surface area contributed by atoms with Crippen LogP contribution in [0.15, 0.2) is 27.8 Å². The van der Waals surface area contributed by atoms with Crippen LogP contribution in [0.25, 0.3) is 10.9 Å². The second kappa shape index (κ2) is 5.03. The van der Waals surface area contributed by atoms with Gasteiger partial charge in [-0.25, -0.2) is 4.79 Å². The Kier molecular flexibility index (Phi) is 3.66. The normalized spacial score (nSPS) is 13.6. The smallest absolute Gasteiger partial charge is 0.326 e. The fourth-order valence-corrected chi connectivity index (χ4v) is 2.14. The molecule has 1 unspecified atom stereocenters. The van der Waals surface area contributed by atoms with E-state index < -0.39 is 29.0 Å². The maximum absolute atomic E-state index is 12.7. The highest BCUT2D eigenvalue weighted by Crippen LogP contribution is 2.30. The van der Waals surface area contributed by atoms with Gasteiger partial charge in [0.15, 0.2) is 0 Å².